The van der Waals surface area contributed by atoms with Crippen molar-refractivity contribution in [3.05, 3.63) is 41.0 Å². The molecule has 0 atom stereocenters. The van der Waals surface area contributed by atoms with Gasteiger partial charge in [0.25, 0.3) is 0 Å². The first-order chi connectivity index (χ1) is 12.2. The Morgan fingerprint density at radius 2 is 2.04 bits per heavy atom. The lowest BCUT2D eigenvalue weighted by Gasteiger charge is -2.11. The Balaban J connectivity index is 2.23. The maximum absolute atomic E-state index is 9.77. The number of halogens is 1. The van der Waals surface area contributed by atoms with E-state index in [1.807, 2.05) is 37.3 Å². The van der Waals surface area contributed by atoms with Gasteiger partial charge in [0.15, 0.2) is 5.15 Å². The molecule has 0 saturated carbocycles. The molecule has 0 amide bonds. The minimum absolute atomic E-state index is 0.267. The smallest absolute Gasteiger partial charge is 0.233 e. The van der Waals surface area contributed by atoms with Crippen LogP contribution in [0.15, 0.2) is 30.3 Å². The normalized spacial score (nSPS) is 10.9. The fourth-order valence-corrected chi connectivity index (χ4v) is 3.95. The lowest BCUT2D eigenvalue weighted by molar-refractivity contribution is 0.327. The summed E-state index contributed by atoms with van der Waals surface area (Å²) in [4.78, 5) is 5.20. The van der Waals surface area contributed by atoms with Crippen LogP contribution in [0.1, 0.15) is 12.5 Å². The summed E-state index contributed by atoms with van der Waals surface area (Å²) in [7, 11) is 0. The topological polar surface area (TPSA) is 84.6 Å². The number of hydrogen-bond acceptors (Lipinski definition) is 7. The minimum Gasteiger partial charge on any atom is -0.477 e. The molecule has 0 radical (unpaired) electrons. The highest BCUT2D eigenvalue weighted by Crippen LogP contribution is 2.43. The van der Waals surface area contributed by atoms with Crippen LogP contribution in [0.4, 0.5) is 0 Å². The van der Waals surface area contributed by atoms with E-state index in [9.17, 15) is 5.26 Å². The summed E-state index contributed by atoms with van der Waals surface area (Å²) in [5, 5.41) is 22.4. The van der Waals surface area contributed by atoms with Crippen LogP contribution in [0.25, 0.3) is 31.6 Å². The van der Waals surface area contributed by atoms with Gasteiger partial charge in [-0.2, -0.15) is 5.26 Å². The van der Waals surface area contributed by atoms with Gasteiger partial charge in [-0.05, 0) is 17.7 Å². The number of pyridine rings is 1. The number of nitrogens with zero attached hydrogens (tertiary/aromatic N) is 5. The molecule has 0 N–H and O–H groups in total. The van der Waals surface area contributed by atoms with Crippen molar-refractivity contribution < 1.29 is 4.74 Å². The zero-order chi connectivity index (χ0) is 17.4. The van der Waals surface area contributed by atoms with Gasteiger partial charge in [0.1, 0.15) is 22.0 Å². The first-order valence-corrected chi connectivity index (χ1v) is 8.67. The second-order valence-corrected chi connectivity index (χ2v) is 6.48. The van der Waals surface area contributed by atoms with Crippen molar-refractivity contribution in [2.75, 3.05) is 6.61 Å². The summed E-state index contributed by atoms with van der Waals surface area (Å²) in [5.74, 6) is 0.306. The molecule has 0 fully saturated rings. The molecule has 0 spiro atoms. The Morgan fingerprint density at radius 3 is 2.76 bits per heavy atom. The average molecular weight is 368 g/mol. The molecule has 3 heterocycles. The molecule has 25 heavy (non-hydrogen) atoms. The highest BCUT2D eigenvalue weighted by Gasteiger charge is 2.23. The first-order valence-electron chi connectivity index (χ1n) is 7.48. The zero-order valence-corrected chi connectivity index (χ0v) is 14.6. The molecule has 0 unspecified atom stereocenters. The molecule has 3 aromatic heterocycles. The third-order valence-electron chi connectivity index (χ3n) is 3.70. The van der Waals surface area contributed by atoms with E-state index in [0.29, 0.717) is 33.1 Å². The molecule has 0 aliphatic carbocycles. The summed E-state index contributed by atoms with van der Waals surface area (Å²) in [6, 6.07) is 11.8. The van der Waals surface area contributed by atoms with Crippen LogP contribution in [0, 0.1) is 11.3 Å². The standard InChI is InChI=1S/C17H10ClN5OS/c1-2-24-16-10(8-19)11(9-6-4-3-5-7-9)12-13-14(25-17(12)20-16)15(18)22-23-21-13/h3-7H,2H2,1H3. The van der Waals surface area contributed by atoms with Gasteiger partial charge < -0.3 is 4.74 Å². The molecule has 0 aliphatic heterocycles. The minimum atomic E-state index is 0.267. The molecule has 4 rings (SSSR count). The number of hydrogen-bond donors (Lipinski definition) is 0. The van der Waals surface area contributed by atoms with Crippen molar-refractivity contribution >= 4 is 43.4 Å². The van der Waals surface area contributed by atoms with Crippen LogP contribution in [-0.4, -0.2) is 27.0 Å². The van der Waals surface area contributed by atoms with E-state index in [-0.39, 0.29) is 5.15 Å². The van der Waals surface area contributed by atoms with E-state index < -0.39 is 0 Å². The molecule has 122 valence electrons. The summed E-state index contributed by atoms with van der Waals surface area (Å²) < 4.78 is 6.30. The van der Waals surface area contributed by atoms with Crippen LogP contribution in [-0.2, 0) is 0 Å². The summed E-state index contributed by atoms with van der Waals surface area (Å²) >= 11 is 7.53. The number of ether oxygens (including phenoxy) is 1. The predicted molar refractivity (Wildman–Crippen MR) is 96.8 cm³/mol. The van der Waals surface area contributed by atoms with Crippen molar-refractivity contribution in [1.29, 1.82) is 5.26 Å². The maximum atomic E-state index is 9.77. The molecule has 0 saturated heterocycles. The van der Waals surface area contributed by atoms with E-state index in [1.165, 1.54) is 11.3 Å². The largest absolute Gasteiger partial charge is 0.477 e. The predicted octanol–water partition coefficient (Wildman–Crippen LogP) is 4.23. The van der Waals surface area contributed by atoms with E-state index in [1.54, 1.807) is 0 Å². The molecule has 0 bridgehead atoms. The summed E-state index contributed by atoms with van der Waals surface area (Å²) in [6.07, 6.45) is 0. The second kappa shape index (κ2) is 6.24. The van der Waals surface area contributed by atoms with Crippen LogP contribution < -0.4 is 4.74 Å². The van der Waals surface area contributed by atoms with E-state index >= 15 is 0 Å². The van der Waals surface area contributed by atoms with Gasteiger partial charge in [-0.25, -0.2) is 4.98 Å². The van der Waals surface area contributed by atoms with Crippen LogP contribution in [0.3, 0.4) is 0 Å². The SMILES string of the molecule is CCOc1nc2sc3c(Cl)nnnc3c2c(-c2ccccc2)c1C#N. The van der Waals surface area contributed by atoms with Crippen molar-refractivity contribution in [2.45, 2.75) is 6.92 Å². The van der Waals surface area contributed by atoms with Crippen molar-refractivity contribution in [3.8, 4) is 23.1 Å². The molecule has 4 aromatic rings. The summed E-state index contributed by atoms with van der Waals surface area (Å²) in [6.45, 7) is 2.26. The van der Waals surface area contributed by atoms with Gasteiger partial charge in [0.05, 0.1) is 11.3 Å². The van der Waals surface area contributed by atoms with E-state index in [2.05, 4.69) is 26.5 Å². The molecule has 1 aromatic carbocycles. The van der Waals surface area contributed by atoms with Gasteiger partial charge in [0, 0.05) is 10.9 Å². The Kier molecular flexibility index (Phi) is 3.92. The first kappa shape index (κ1) is 15.7. The van der Waals surface area contributed by atoms with Crippen molar-refractivity contribution in [1.82, 2.24) is 20.4 Å². The maximum Gasteiger partial charge on any atom is 0.233 e. The van der Waals surface area contributed by atoms with Crippen molar-refractivity contribution in [2.24, 2.45) is 0 Å². The number of rotatable bonds is 3. The highest BCUT2D eigenvalue weighted by molar-refractivity contribution is 7.26. The number of nitriles is 1. The number of aromatic nitrogens is 4. The molecule has 0 aliphatic rings. The lowest BCUT2D eigenvalue weighted by atomic mass is 9.98. The molecule has 8 heteroatoms. The van der Waals surface area contributed by atoms with E-state index in [0.717, 1.165) is 16.5 Å². The monoisotopic (exact) mass is 367 g/mol. The van der Waals surface area contributed by atoms with Crippen LogP contribution in [0.5, 0.6) is 5.88 Å². The number of thiophene rings is 1. The molecular formula is C17H10ClN5OS. The highest BCUT2D eigenvalue weighted by atomic mass is 35.5. The quantitative estimate of drug-likeness (QED) is 0.538. The molecule has 6 nitrogen and oxygen atoms in total. The Bertz CT molecular complexity index is 1140. The van der Waals surface area contributed by atoms with Gasteiger partial charge in [-0.3, -0.25) is 0 Å². The molecular weight excluding hydrogens is 358 g/mol. The van der Waals surface area contributed by atoms with E-state index in [4.69, 9.17) is 16.3 Å². The average Bonchev–Trinajstić information content (AvgIpc) is 3.01. The lowest BCUT2D eigenvalue weighted by Crippen LogP contribution is -2.00. The Morgan fingerprint density at radius 1 is 1.24 bits per heavy atom. The van der Waals surface area contributed by atoms with Gasteiger partial charge in [0.2, 0.25) is 5.88 Å². The fraction of sp³-hybridized carbons (Fsp3) is 0.118. The van der Waals surface area contributed by atoms with Crippen LogP contribution >= 0.6 is 22.9 Å². The van der Waals surface area contributed by atoms with Gasteiger partial charge in [-0.1, -0.05) is 41.9 Å². The third-order valence-corrected chi connectivity index (χ3v) is 5.16. The summed E-state index contributed by atoms with van der Waals surface area (Å²) in [5.41, 5.74) is 2.56. The Hall–Kier alpha value is -2.82. The second-order valence-electron chi connectivity index (χ2n) is 5.12. The third kappa shape index (κ3) is 2.47. The number of benzene rings is 1. The van der Waals surface area contributed by atoms with Gasteiger partial charge >= 0.3 is 0 Å². The fourth-order valence-electron chi connectivity index (χ4n) is 2.72. The number of fused-ring (bicyclic) bond motifs is 3. The Labute approximate surface area is 151 Å². The van der Waals surface area contributed by atoms with Gasteiger partial charge in [-0.15, -0.1) is 21.5 Å². The van der Waals surface area contributed by atoms with Crippen molar-refractivity contribution in [3.63, 3.8) is 0 Å². The zero-order valence-electron chi connectivity index (χ0n) is 13.0. The van der Waals surface area contributed by atoms with Crippen LogP contribution in [0.2, 0.25) is 5.15 Å².